The lowest BCUT2D eigenvalue weighted by Crippen LogP contribution is -2.32. The van der Waals surface area contributed by atoms with Crippen LogP contribution in [0.1, 0.15) is 27.8 Å². The van der Waals surface area contributed by atoms with Gasteiger partial charge in [0.2, 0.25) is 0 Å². The molecular formula is C54H33N3S. The molecule has 4 heteroatoms. The zero-order chi connectivity index (χ0) is 38.6. The number of aromatic nitrogens is 2. The lowest BCUT2D eigenvalue weighted by atomic mass is 9.67. The van der Waals surface area contributed by atoms with Crippen LogP contribution in [0.5, 0.6) is 0 Å². The highest BCUT2D eigenvalue weighted by Crippen LogP contribution is 2.62. The molecule has 0 atom stereocenters. The minimum atomic E-state index is -0.487. The highest BCUT2D eigenvalue weighted by atomic mass is 32.2. The average Bonchev–Trinajstić information content (AvgIpc) is 3.59. The van der Waals surface area contributed by atoms with E-state index in [0.29, 0.717) is 11.4 Å². The molecule has 2 heterocycles. The van der Waals surface area contributed by atoms with Crippen molar-refractivity contribution >= 4 is 11.8 Å². The Morgan fingerprint density at radius 3 is 1.48 bits per heavy atom. The largest absolute Gasteiger partial charge is 0.228 e. The van der Waals surface area contributed by atoms with Gasteiger partial charge < -0.3 is 0 Å². The molecule has 0 saturated carbocycles. The molecule has 0 amide bonds. The molecule has 0 fully saturated rings. The van der Waals surface area contributed by atoms with E-state index < -0.39 is 5.41 Å². The van der Waals surface area contributed by atoms with Crippen LogP contribution in [0.25, 0.3) is 67.3 Å². The minimum absolute atomic E-state index is 0.487. The molecule has 0 bridgehead atoms. The molecule has 0 radical (unpaired) electrons. The minimum Gasteiger partial charge on any atom is -0.228 e. The molecule has 3 nitrogen and oxygen atoms in total. The molecule has 8 aromatic carbocycles. The maximum Gasteiger partial charge on any atom is 0.160 e. The van der Waals surface area contributed by atoms with Crippen molar-refractivity contribution in [2.45, 2.75) is 15.2 Å². The van der Waals surface area contributed by atoms with E-state index in [9.17, 15) is 5.26 Å². The van der Waals surface area contributed by atoms with Crippen molar-refractivity contribution in [2.24, 2.45) is 0 Å². The third-order valence-corrected chi connectivity index (χ3v) is 12.7. The Balaban J connectivity index is 1.08. The molecule has 9 aromatic rings. The van der Waals surface area contributed by atoms with Gasteiger partial charge in [0.15, 0.2) is 5.82 Å². The van der Waals surface area contributed by atoms with E-state index in [0.717, 1.165) is 50.3 Å². The van der Waals surface area contributed by atoms with Gasteiger partial charge in [-0.2, -0.15) is 5.26 Å². The van der Waals surface area contributed by atoms with E-state index in [1.807, 2.05) is 66.4 Å². The molecule has 58 heavy (non-hydrogen) atoms. The first-order valence-electron chi connectivity index (χ1n) is 19.4. The predicted molar refractivity (Wildman–Crippen MR) is 235 cm³/mol. The van der Waals surface area contributed by atoms with Crippen LogP contribution in [-0.2, 0) is 5.41 Å². The van der Waals surface area contributed by atoms with E-state index in [1.54, 1.807) is 0 Å². The zero-order valence-corrected chi connectivity index (χ0v) is 32.1. The lowest BCUT2D eigenvalue weighted by Gasteiger charge is -2.40. The van der Waals surface area contributed by atoms with E-state index in [2.05, 4.69) is 152 Å². The summed E-state index contributed by atoms with van der Waals surface area (Å²) in [6.07, 6.45) is 0. The fourth-order valence-electron chi connectivity index (χ4n) is 8.97. The first kappa shape index (κ1) is 34.0. The van der Waals surface area contributed by atoms with Gasteiger partial charge in [-0.05, 0) is 92.0 Å². The van der Waals surface area contributed by atoms with Crippen molar-refractivity contribution < 1.29 is 0 Å². The van der Waals surface area contributed by atoms with Gasteiger partial charge >= 0.3 is 0 Å². The summed E-state index contributed by atoms with van der Waals surface area (Å²) >= 11 is 1.83. The summed E-state index contributed by atoms with van der Waals surface area (Å²) in [7, 11) is 0. The maximum atomic E-state index is 9.70. The summed E-state index contributed by atoms with van der Waals surface area (Å²) in [6.45, 7) is 0. The number of hydrogen-bond acceptors (Lipinski definition) is 4. The van der Waals surface area contributed by atoms with Crippen molar-refractivity contribution in [3.05, 3.63) is 228 Å². The Morgan fingerprint density at radius 2 is 0.862 bits per heavy atom. The van der Waals surface area contributed by atoms with Gasteiger partial charge in [0.25, 0.3) is 0 Å². The fourth-order valence-corrected chi connectivity index (χ4v) is 10.2. The second kappa shape index (κ2) is 13.7. The SMILES string of the molecule is N#Cc1cccc(-c2ccc3c(c2)Sc2cc(-c4cccc(-c5cc(-c6ccccc6)nc(-c6ccccc6)n5)c4)ccc2C32c3ccccc3-c3ccccc32)c1. The first-order chi connectivity index (χ1) is 28.7. The maximum absolute atomic E-state index is 9.70. The standard InChI is InChI=1S/C54H33N3S/c55-34-35-13-11-18-38(29-35)40-25-27-47-51(31-40)58-52-32-41(26-28-48(52)54(47)45-23-9-7-21-43(45)44-22-8-10-24-46(44)54)39-19-12-20-42(30-39)50-33-49(36-14-3-1-4-15-36)56-53(57-50)37-16-5-2-6-17-37/h1-33H. The predicted octanol–water partition coefficient (Wildman–Crippen LogP) is 13.5. The summed E-state index contributed by atoms with van der Waals surface area (Å²) in [5.74, 6) is 0.701. The topological polar surface area (TPSA) is 49.6 Å². The van der Waals surface area contributed by atoms with Crippen molar-refractivity contribution in [3.8, 4) is 73.4 Å². The molecule has 0 unspecified atom stereocenters. The van der Waals surface area contributed by atoms with Crippen LogP contribution in [0.4, 0.5) is 0 Å². The van der Waals surface area contributed by atoms with Crippen LogP contribution in [0, 0.1) is 11.3 Å². The van der Waals surface area contributed by atoms with Crippen molar-refractivity contribution in [3.63, 3.8) is 0 Å². The molecule has 0 N–H and O–H groups in total. The molecule has 1 spiro atoms. The Morgan fingerprint density at radius 1 is 0.379 bits per heavy atom. The smallest absolute Gasteiger partial charge is 0.160 e. The summed E-state index contributed by atoms with van der Waals surface area (Å²) in [5, 5.41) is 9.70. The zero-order valence-electron chi connectivity index (χ0n) is 31.3. The molecular weight excluding hydrogens is 723 g/mol. The number of hydrogen-bond donors (Lipinski definition) is 0. The lowest BCUT2D eigenvalue weighted by molar-refractivity contribution is 0.723. The van der Waals surface area contributed by atoms with Gasteiger partial charge in [0.1, 0.15) is 0 Å². The molecule has 2 aliphatic rings. The second-order valence-electron chi connectivity index (χ2n) is 14.8. The van der Waals surface area contributed by atoms with E-state index >= 15 is 0 Å². The van der Waals surface area contributed by atoms with Gasteiger partial charge in [0.05, 0.1) is 28.4 Å². The average molecular weight is 756 g/mol. The van der Waals surface area contributed by atoms with Crippen molar-refractivity contribution in [2.75, 3.05) is 0 Å². The summed E-state index contributed by atoms with van der Waals surface area (Å²) in [6, 6.07) is 73.3. The summed E-state index contributed by atoms with van der Waals surface area (Å²) < 4.78 is 0. The molecule has 1 aliphatic heterocycles. The Labute approximate surface area is 342 Å². The van der Waals surface area contributed by atoms with E-state index in [-0.39, 0.29) is 0 Å². The van der Waals surface area contributed by atoms with Gasteiger partial charge in [-0.1, -0.05) is 176 Å². The second-order valence-corrected chi connectivity index (χ2v) is 15.9. The number of benzene rings is 8. The quantitative estimate of drug-likeness (QED) is 0.175. The molecule has 11 rings (SSSR count). The van der Waals surface area contributed by atoms with E-state index in [4.69, 9.17) is 9.97 Å². The number of rotatable bonds is 5. The monoisotopic (exact) mass is 755 g/mol. The molecule has 1 aromatic heterocycles. The van der Waals surface area contributed by atoms with Crippen LogP contribution < -0.4 is 0 Å². The highest BCUT2D eigenvalue weighted by molar-refractivity contribution is 7.99. The van der Waals surface area contributed by atoms with Crippen LogP contribution in [-0.4, -0.2) is 9.97 Å². The van der Waals surface area contributed by atoms with Crippen molar-refractivity contribution in [1.82, 2.24) is 9.97 Å². The molecule has 0 saturated heterocycles. The van der Waals surface area contributed by atoms with Crippen LogP contribution >= 0.6 is 11.8 Å². The van der Waals surface area contributed by atoms with Gasteiger partial charge in [-0.15, -0.1) is 0 Å². The highest BCUT2D eigenvalue weighted by Gasteiger charge is 2.50. The third-order valence-electron chi connectivity index (χ3n) is 11.6. The number of nitrogens with zero attached hydrogens (tertiary/aromatic N) is 3. The third kappa shape index (κ3) is 5.44. The Bertz CT molecular complexity index is 3010. The van der Waals surface area contributed by atoms with Crippen LogP contribution in [0.3, 0.4) is 0 Å². The van der Waals surface area contributed by atoms with Crippen molar-refractivity contribution in [1.29, 1.82) is 5.26 Å². The van der Waals surface area contributed by atoms with Gasteiger partial charge in [-0.25, -0.2) is 9.97 Å². The van der Waals surface area contributed by atoms with Gasteiger partial charge in [0, 0.05) is 26.5 Å². The number of nitriles is 1. The number of fused-ring (bicyclic) bond motifs is 9. The summed E-state index contributed by atoms with van der Waals surface area (Å²) in [5.41, 5.74) is 17.1. The summed E-state index contributed by atoms with van der Waals surface area (Å²) in [4.78, 5) is 12.6. The molecule has 270 valence electrons. The van der Waals surface area contributed by atoms with Gasteiger partial charge in [-0.3, -0.25) is 0 Å². The normalized spacial score (nSPS) is 12.9. The van der Waals surface area contributed by atoms with E-state index in [1.165, 1.54) is 43.2 Å². The van der Waals surface area contributed by atoms with Crippen LogP contribution in [0.2, 0.25) is 0 Å². The Kier molecular flexibility index (Phi) is 8.03. The fraction of sp³-hybridized carbons (Fsp3) is 0.0185. The van der Waals surface area contributed by atoms with Crippen LogP contribution in [0.15, 0.2) is 210 Å². The molecule has 1 aliphatic carbocycles. The first-order valence-corrected chi connectivity index (χ1v) is 20.3. The Hall–Kier alpha value is -7.32.